The minimum atomic E-state index is -0.559. The van der Waals surface area contributed by atoms with Crippen LogP contribution >= 0.6 is 0 Å². The van der Waals surface area contributed by atoms with E-state index in [9.17, 15) is 9.59 Å². The van der Waals surface area contributed by atoms with E-state index in [-0.39, 0.29) is 19.2 Å². The maximum Gasteiger partial charge on any atom is 0.338 e. The van der Waals surface area contributed by atoms with E-state index in [1.165, 1.54) is 0 Å². The molecule has 0 spiro atoms. The molecule has 1 aliphatic heterocycles. The number of benzene rings is 2. The van der Waals surface area contributed by atoms with E-state index in [1.807, 2.05) is 24.3 Å². The van der Waals surface area contributed by atoms with Gasteiger partial charge in [0.2, 0.25) is 6.79 Å². The number of hydrogen-bond donors (Lipinski definition) is 0. The van der Waals surface area contributed by atoms with Crippen LogP contribution in [0.2, 0.25) is 0 Å². The summed E-state index contributed by atoms with van der Waals surface area (Å²) in [5.74, 6) is 1.17. The molecule has 0 aromatic heterocycles. The number of ketones is 1. The average molecular weight is 342 g/mol. The van der Waals surface area contributed by atoms with Gasteiger partial charge in [0.25, 0.3) is 0 Å². The third-order valence-corrected chi connectivity index (χ3v) is 3.82. The van der Waals surface area contributed by atoms with Crippen LogP contribution in [-0.4, -0.2) is 32.3 Å². The van der Waals surface area contributed by atoms with Crippen molar-refractivity contribution < 1.29 is 28.5 Å². The first-order valence-corrected chi connectivity index (χ1v) is 7.87. The van der Waals surface area contributed by atoms with Gasteiger partial charge in [-0.25, -0.2) is 4.79 Å². The fourth-order valence-corrected chi connectivity index (χ4v) is 2.40. The second kappa shape index (κ2) is 7.70. The van der Waals surface area contributed by atoms with Gasteiger partial charge in [0, 0.05) is 6.42 Å². The smallest absolute Gasteiger partial charge is 0.338 e. The molecule has 0 aliphatic carbocycles. The Morgan fingerprint density at radius 3 is 2.56 bits per heavy atom. The fraction of sp³-hybridized carbons (Fsp3) is 0.263. The molecule has 6 nitrogen and oxygen atoms in total. The monoisotopic (exact) mass is 342 g/mol. The average Bonchev–Trinajstić information content (AvgIpc) is 3.12. The van der Waals surface area contributed by atoms with Crippen LogP contribution in [0.5, 0.6) is 17.2 Å². The van der Waals surface area contributed by atoms with Gasteiger partial charge in [-0.1, -0.05) is 12.1 Å². The highest BCUT2D eigenvalue weighted by atomic mass is 16.7. The van der Waals surface area contributed by atoms with Crippen molar-refractivity contribution in [3.05, 3.63) is 53.6 Å². The first-order chi connectivity index (χ1) is 12.2. The highest BCUT2D eigenvalue weighted by molar-refractivity contribution is 5.92. The fourth-order valence-electron chi connectivity index (χ4n) is 2.40. The molecule has 2 aromatic carbocycles. The predicted molar refractivity (Wildman–Crippen MR) is 89.2 cm³/mol. The van der Waals surface area contributed by atoms with E-state index in [2.05, 4.69) is 0 Å². The molecule has 0 radical (unpaired) electrons. The number of Topliss-reactive ketones (excluding diaryl/α,β-unsaturated/α-hetero) is 1. The molecule has 1 heterocycles. The van der Waals surface area contributed by atoms with Crippen molar-refractivity contribution in [3.8, 4) is 17.2 Å². The van der Waals surface area contributed by atoms with Crippen LogP contribution in [0, 0.1) is 0 Å². The SMILES string of the molecule is COc1ccc(CCC(=O)COC(=O)c2ccc3c(c2)OCO3)cc1. The van der Waals surface area contributed by atoms with E-state index in [4.69, 9.17) is 18.9 Å². The van der Waals surface area contributed by atoms with Gasteiger partial charge >= 0.3 is 5.97 Å². The van der Waals surface area contributed by atoms with Gasteiger partial charge < -0.3 is 18.9 Å². The van der Waals surface area contributed by atoms with Crippen LogP contribution in [0.4, 0.5) is 0 Å². The molecule has 0 N–H and O–H groups in total. The summed E-state index contributed by atoms with van der Waals surface area (Å²) in [7, 11) is 1.60. The number of carbonyl (C=O) groups excluding carboxylic acids is 2. The number of carbonyl (C=O) groups is 2. The van der Waals surface area contributed by atoms with Crippen LogP contribution in [0.25, 0.3) is 0 Å². The number of ether oxygens (including phenoxy) is 4. The number of esters is 1. The molecule has 0 amide bonds. The van der Waals surface area contributed by atoms with E-state index < -0.39 is 5.97 Å². The number of fused-ring (bicyclic) bond motifs is 1. The van der Waals surface area contributed by atoms with Crippen LogP contribution in [0.1, 0.15) is 22.3 Å². The lowest BCUT2D eigenvalue weighted by atomic mass is 10.1. The predicted octanol–water partition coefficient (Wildman–Crippen LogP) is 2.78. The van der Waals surface area contributed by atoms with Crippen molar-refractivity contribution in [2.24, 2.45) is 0 Å². The number of hydrogen-bond acceptors (Lipinski definition) is 6. The maximum atomic E-state index is 12.0. The molecule has 130 valence electrons. The third kappa shape index (κ3) is 4.29. The molecule has 3 rings (SSSR count). The van der Waals surface area contributed by atoms with E-state index >= 15 is 0 Å². The largest absolute Gasteiger partial charge is 0.497 e. The summed E-state index contributed by atoms with van der Waals surface area (Å²) in [5, 5.41) is 0. The Kier molecular flexibility index (Phi) is 5.18. The van der Waals surface area contributed by atoms with Gasteiger partial charge in [-0.2, -0.15) is 0 Å². The van der Waals surface area contributed by atoms with Gasteiger partial charge in [-0.15, -0.1) is 0 Å². The van der Waals surface area contributed by atoms with Gasteiger partial charge in [0.05, 0.1) is 12.7 Å². The molecule has 0 saturated heterocycles. The second-order valence-corrected chi connectivity index (χ2v) is 5.53. The highest BCUT2D eigenvalue weighted by Gasteiger charge is 2.17. The summed E-state index contributed by atoms with van der Waals surface area (Å²) in [6.07, 6.45) is 0.894. The Morgan fingerprint density at radius 1 is 1.04 bits per heavy atom. The van der Waals surface area contributed by atoms with Crippen LogP contribution in [0.3, 0.4) is 0 Å². The zero-order valence-electron chi connectivity index (χ0n) is 13.8. The van der Waals surface area contributed by atoms with Gasteiger partial charge in [0.15, 0.2) is 17.3 Å². The lowest BCUT2D eigenvalue weighted by molar-refractivity contribution is -0.122. The highest BCUT2D eigenvalue weighted by Crippen LogP contribution is 2.32. The van der Waals surface area contributed by atoms with Crippen molar-refractivity contribution >= 4 is 11.8 Å². The van der Waals surface area contributed by atoms with Crippen LogP contribution < -0.4 is 14.2 Å². The first kappa shape index (κ1) is 16.8. The quantitative estimate of drug-likeness (QED) is 0.721. The van der Waals surface area contributed by atoms with Gasteiger partial charge in [0.1, 0.15) is 12.4 Å². The minimum absolute atomic E-state index is 0.134. The summed E-state index contributed by atoms with van der Waals surface area (Å²) in [6.45, 7) is -0.110. The number of rotatable bonds is 7. The molecule has 0 bridgehead atoms. The Morgan fingerprint density at radius 2 is 1.80 bits per heavy atom. The van der Waals surface area contributed by atoms with Crippen molar-refractivity contribution in [3.63, 3.8) is 0 Å². The molecule has 0 saturated carbocycles. The van der Waals surface area contributed by atoms with E-state index in [0.29, 0.717) is 29.9 Å². The molecule has 1 aliphatic rings. The summed E-state index contributed by atoms with van der Waals surface area (Å²) in [6, 6.07) is 12.3. The second-order valence-electron chi connectivity index (χ2n) is 5.53. The maximum absolute atomic E-state index is 12.0. The topological polar surface area (TPSA) is 71.1 Å². The van der Waals surface area contributed by atoms with Gasteiger partial charge in [-0.3, -0.25) is 4.79 Å². The van der Waals surface area contributed by atoms with Crippen molar-refractivity contribution in [2.75, 3.05) is 20.5 Å². The lowest BCUT2D eigenvalue weighted by Gasteiger charge is -2.06. The minimum Gasteiger partial charge on any atom is -0.497 e. The summed E-state index contributed by atoms with van der Waals surface area (Å²) in [5.41, 5.74) is 1.35. The van der Waals surface area contributed by atoms with E-state index in [1.54, 1.807) is 25.3 Å². The van der Waals surface area contributed by atoms with E-state index in [0.717, 1.165) is 11.3 Å². The lowest BCUT2D eigenvalue weighted by Crippen LogP contribution is -2.14. The molecule has 0 unspecified atom stereocenters. The number of aryl methyl sites for hydroxylation is 1. The molecule has 6 heteroatoms. The van der Waals surface area contributed by atoms with Crippen molar-refractivity contribution in [1.29, 1.82) is 0 Å². The Hall–Kier alpha value is -3.02. The van der Waals surface area contributed by atoms with Crippen LogP contribution in [-0.2, 0) is 16.0 Å². The molecular formula is C19H18O6. The zero-order chi connectivity index (χ0) is 17.6. The zero-order valence-corrected chi connectivity index (χ0v) is 13.8. The molecule has 25 heavy (non-hydrogen) atoms. The third-order valence-electron chi connectivity index (χ3n) is 3.82. The summed E-state index contributed by atoms with van der Waals surface area (Å²) in [4.78, 5) is 23.9. The molecule has 2 aromatic rings. The Labute approximate surface area is 145 Å². The molecule has 0 atom stereocenters. The standard InChI is InChI=1S/C19H18O6/c1-22-16-7-3-13(4-8-16)2-6-15(20)11-23-19(21)14-5-9-17-18(10-14)25-12-24-17/h3-5,7-10H,2,6,11-12H2,1H3. The Balaban J connectivity index is 1.46. The van der Waals surface area contributed by atoms with Crippen molar-refractivity contribution in [2.45, 2.75) is 12.8 Å². The normalized spacial score (nSPS) is 11.9. The van der Waals surface area contributed by atoms with Crippen molar-refractivity contribution in [1.82, 2.24) is 0 Å². The first-order valence-electron chi connectivity index (χ1n) is 7.87. The van der Waals surface area contributed by atoms with Crippen LogP contribution in [0.15, 0.2) is 42.5 Å². The molecular weight excluding hydrogens is 324 g/mol. The molecule has 0 fully saturated rings. The number of methoxy groups -OCH3 is 1. The summed E-state index contributed by atoms with van der Waals surface area (Å²) < 4.78 is 20.6. The summed E-state index contributed by atoms with van der Waals surface area (Å²) >= 11 is 0. The Bertz CT molecular complexity index is 766. The van der Waals surface area contributed by atoms with Gasteiger partial charge in [-0.05, 0) is 42.3 Å².